The van der Waals surface area contributed by atoms with Crippen molar-refractivity contribution in [2.75, 3.05) is 69.3 Å². The van der Waals surface area contributed by atoms with Gasteiger partial charge < -0.3 is 24.6 Å². The maximum atomic E-state index is 5.93. The van der Waals surface area contributed by atoms with E-state index < -0.39 is 0 Å². The summed E-state index contributed by atoms with van der Waals surface area (Å²) in [6.45, 7) is 13.8. The van der Waals surface area contributed by atoms with E-state index in [1.165, 1.54) is 36.2 Å². The SMILES string of the molecule is CCCN1CCCc2cc(CN(CCCN3CCOCC3)C(=S)Nc3ccc(OCC)cc3)ccc21. The number of nitrogens with one attached hydrogen (secondary N) is 1. The molecule has 2 heterocycles. The number of rotatable bonds is 11. The summed E-state index contributed by atoms with van der Waals surface area (Å²) in [4.78, 5) is 7.35. The van der Waals surface area contributed by atoms with E-state index in [4.69, 9.17) is 21.7 Å². The van der Waals surface area contributed by atoms with E-state index in [1.54, 1.807) is 0 Å². The van der Waals surface area contributed by atoms with Crippen molar-refractivity contribution < 1.29 is 9.47 Å². The number of hydrogen-bond donors (Lipinski definition) is 1. The largest absolute Gasteiger partial charge is 0.494 e. The number of aryl methyl sites for hydroxylation is 1. The highest BCUT2D eigenvalue weighted by Gasteiger charge is 2.18. The van der Waals surface area contributed by atoms with Crippen LogP contribution in [0.5, 0.6) is 5.75 Å². The minimum Gasteiger partial charge on any atom is -0.494 e. The molecule has 0 bridgehead atoms. The maximum Gasteiger partial charge on any atom is 0.173 e. The zero-order valence-electron chi connectivity index (χ0n) is 22.0. The van der Waals surface area contributed by atoms with Crippen molar-refractivity contribution in [3.8, 4) is 5.75 Å². The molecule has 0 atom stereocenters. The summed E-state index contributed by atoms with van der Waals surface area (Å²) in [5, 5.41) is 4.24. The number of ether oxygens (including phenoxy) is 2. The van der Waals surface area contributed by atoms with Crippen molar-refractivity contribution in [1.82, 2.24) is 9.80 Å². The van der Waals surface area contributed by atoms with Crippen molar-refractivity contribution >= 4 is 28.7 Å². The van der Waals surface area contributed by atoms with Crippen LogP contribution >= 0.6 is 12.2 Å². The molecular weight excluding hydrogens is 468 g/mol. The highest BCUT2D eigenvalue weighted by molar-refractivity contribution is 7.80. The summed E-state index contributed by atoms with van der Waals surface area (Å²) < 4.78 is 11.1. The van der Waals surface area contributed by atoms with Gasteiger partial charge in [0.1, 0.15) is 5.75 Å². The number of thiocarbonyl (C=S) groups is 1. The molecule has 196 valence electrons. The van der Waals surface area contributed by atoms with Gasteiger partial charge in [-0.25, -0.2) is 0 Å². The van der Waals surface area contributed by atoms with Gasteiger partial charge in [0, 0.05) is 57.2 Å². The molecule has 36 heavy (non-hydrogen) atoms. The number of anilines is 2. The van der Waals surface area contributed by atoms with Crippen LogP contribution in [-0.2, 0) is 17.7 Å². The quantitative estimate of drug-likeness (QED) is 0.418. The fraction of sp³-hybridized carbons (Fsp3) is 0.552. The molecule has 4 rings (SSSR count). The van der Waals surface area contributed by atoms with Crippen LogP contribution in [0, 0.1) is 0 Å². The summed E-state index contributed by atoms with van der Waals surface area (Å²) in [7, 11) is 0. The van der Waals surface area contributed by atoms with Gasteiger partial charge in [-0.3, -0.25) is 4.90 Å². The van der Waals surface area contributed by atoms with Crippen LogP contribution in [0.25, 0.3) is 0 Å². The number of morpholine rings is 1. The first-order valence-electron chi connectivity index (χ1n) is 13.6. The van der Waals surface area contributed by atoms with E-state index in [0.717, 1.165) is 81.9 Å². The first kappa shape index (κ1) is 26.7. The summed E-state index contributed by atoms with van der Waals surface area (Å²) in [6, 6.07) is 15.1. The molecular formula is C29H42N4O2S. The highest BCUT2D eigenvalue weighted by Crippen LogP contribution is 2.29. The third kappa shape index (κ3) is 7.58. The predicted octanol–water partition coefficient (Wildman–Crippen LogP) is 5.17. The van der Waals surface area contributed by atoms with Crippen LogP contribution < -0.4 is 15.0 Å². The number of fused-ring (bicyclic) bond motifs is 1. The minimum atomic E-state index is 0.666. The standard InChI is InChI=1S/C29H42N4O2S/c1-3-14-32-16-5-7-25-22-24(8-13-28(25)32)23-33(17-6-15-31-18-20-34-21-19-31)29(36)30-26-9-11-27(12-10-26)35-4-2/h8-13,22H,3-7,14-21,23H2,1-2H3,(H,30,36). The molecule has 2 aromatic rings. The normalized spacial score (nSPS) is 15.9. The maximum absolute atomic E-state index is 5.93. The van der Waals surface area contributed by atoms with E-state index in [-0.39, 0.29) is 0 Å². The third-order valence-electron chi connectivity index (χ3n) is 6.94. The predicted molar refractivity (Wildman–Crippen MR) is 153 cm³/mol. The van der Waals surface area contributed by atoms with Gasteiger partial charge in [0.15, 0.2) is 5.11 Å². The lowest BCUT2D eigenvalue weighted by Crippen LogP contribution is -2.40. The van der Waals surface area contributed by atoms with Gasteiger partial charge in [-0.15, -0.1) is 0 Å². The van der Waals surface area contributed by atoms with E-state index in [1.807, 2.05) is 31.2 Å². The second-order valence-electron chi connectivity index (χ2n) is 9.67. The average Bonchev–Trinajstić information content (AvgIpc) is 2.90. The van der Waals surface area contributed by atoms with Gasteiger partial charge in [0.2, 0.25) is 0 Å². The van der Waals surface area contributed by atoms with Crippen LogP contribution in [0.1, 0.15) is 44.2 Å². The van der Waals surface area contributed by atoms with E-state index >= 15 is 0 Å². The Balaban J connectivity index is 1.43. The summed E-state index contributed by atoms with van der Waals surface area (Å²) in [5.41, 5.74) is 5.21. The zero-order chi connectivity index (χ0) is 25.2. The Morgan fingerprint density at radius 1 is 1.06 bits per heavy atom. The molecule has 2 aliphatic rings. The summed E-state index contributed by atoms with van der Waals surface area (Å²) in [6.07, 6.45) is 4.65. The number of benzene rings is 2. The van der Waals surface area contributed by atoms with Gasteiger partial charge in [-0.05, 0) is 86.3 Å². The number of nitrogens with zero attached hydrogens (tertiary/aromatic N) is 3. The van der Waals surface area contributed by atoms with Crippen molar-refractivity contribution in [3.63, 3.8) is 0 Å². The first-order chi connectivity index (χ1) is 17.7. The average molecular weight is 511 g/mol. The molecule has 2 aromatic carbocycles. The van der Waals surface area contributed by atoms with Crippen LogP contribution in [0.4, 0.5) is 11.4 Å². The Labute approximate surface area is 222 Å². The first-order valence-corrected chi connectivity index (χ1v) is 14.0. The van der Waals surface area contributed by atoms with E-state index in [9.17, 15) is 0 Å². The van der Waals surface area contributed by atoms with Crippen molar-refractivity contribution in [1.29, 1.82) is 0 Å². The molecule has 1 saturated heterocycles. The zero-order valence-corrected chi connectivity index (χ0v) is 22.8. The van der Waals surface area contributed by atoms with Gasteiger partial charge in [0.25, 0.3) is 0 Å². The van der Waals surface area contributed by atoms with Crippen LogP contribution in [0.3, 0.4) is 0 Å². The Bertz CT molecular complexity index is 962. The van der Waals surface area contributed by atoms with Gasteiger partial charge in [0.05, 0.1) is 19.8 Å². The second kappa shape index (κ2) is 13.8. The van der Waals surface area contributed by atoms with E-state index in [0.29, 0.717) is 6.61 Å². The smallest absolute Gasteiger partial charge is 0.173 e. The molecule has 1 fully saturated rings. The monoisotopic (exact) mass is 510 g/mol. The lowest BCUT2D eigenvalue weighted by atomic mass is 9.98. The van der Waals surface area contributed by atoms with Crippen molar-refractivity contribution in [2.45, 2.75) is 46.1 Å². The Morgan fingerprint density at radius 2 is 1.86 bits per heavy atom. The molecule has 0 spiro atoms. The van der Waals surface area contributed by atoms with E-state index in [2.05, 4.69) is 45.1 Å². The molecule has 7 heteroatoms. The molecule has 0 saturated carbocycles. The molecule has 0 radical (unpaired) electrons. The van der Waals surface area contributed by atoms with Crippen LogP contribution in [-0.4, -0.2) is 74.0 Å². The molecule has 0 amide bonds. The highest BCUT2D eigenvalue weighted by atomic mass is 32.1. The van der Waals surface area contributed by atoms with Gasteiger partial charge in [-0.2, -0.15) is 0 Å². The summed E-state index contributed by atoms with van der Waals surface area (Å²) in [5.74, 6) is 0.877. The van der Waals surface area contributed by atoms with Gasteiger partial charge >= 0.3 is 0 Å². The Kier molecular flexibility index (Phi) is 10.3. The van der Waals surface area contributed by atoms with Crippen LogP contribution in [0.15, 0.2) is 42.5 Å². The fourth-order valence-electron chi connectivity index (χ4n) is 5.12. The molecule has 2 aliphatic heterocycles. The molecule has 0 unspecified atom stereocenters. The topological polar surface area (TPSA) is 40.2 Å². The summed E-state index contributed by atoms with van der Waals surface area (Å²) >= 11 is 5.93. The van der Waals surface area contributed by atoms with Crippen molar-refractivity contribution in [3.05, 3.63) is 53.6 Å². The third-order valence-corrected chi connectivity index (χ3v) is 7.30. The molecule has 0 aromatic heterocycles. The number of hydrogen-bond acceptors (Lipinski definition) is 5. The van der Waals surface area contributed by atoms with Gasteiger partial charge in [-0.1, -0.05) is 19.1 Å². The fourth-order valence-corrected chi connectivity index (χ4v) is 5.39. The Hall–Kier alpha value is -2.35. The Morgan fingerprint density at radius 3 is 2.61 bits per heavy atom. The minimum absolute atomic E-state index is 0.666. The molecule has 0 aliphatic carbocycles. The lowest BCUT2D eigenvalue weighted by Gasteiger charge is -2.32. The molecule has 6 nitrogen and oxygen atoms in total. The molecule has 1 N–H and O–H groups in total. The lowest BCUT2D eigenvalue weighted by molar-refractivity contribution is 0.0368. The van der Waals surface area contributed by atoms with Crippen LogP contribution in [0.2, 0.25) is 0 Å². The second-order valence-corrected chi connectivity index (χ2v) is 10.1. The van der Waals surface area contributed by atoms with Crippen molar-refractivity contribution in [2.24, 2.45) is 0 Å².